The Labute approximate surface area is 123 Å². The second-order valence-electron chi connectivity index (χ2n) is 5.46. The molecule has 6 heteroatoms. The van der Waals surface area contributed by atoms with Crippen LogP contribution in [0.4, 0.5) is 0 Å². The van der Waals surface area contributed by atoms with E-state index in [2.05, 4.69) is 17.2 Å². The van der Waals surface area contributed by atoms with Crippen LogP contribution in [0, 0.1) is 6.92 Å². The standard InChI is InChI=1S/C15H19N3O3/c1-3-5-11-9-12(17-20-11)15(19)18-7-4-6-13(18)14-8-10(2)16-21-14/h8-9,13H,3-7H2,1-2H3/t13-/m0/s1. The smallest absolute Gasteiger partial charge is 0.276 e. The lowest BCUT2D eigenvalue weighted by Gasteiger charge is -2.21. The monoisotopic (exact) mass is 289 g/mol. The molecule has 0 radical (unpaired) electrons. The molecule has 0 unspecified atom stereocenters. The molecule has 21 heavy (non-hydrogen) atoms. The molecule has 6 nitrogen and oxygen atoms in total. The number of rotatable bonds is 4. The van der Waals surface area contributed by atoms with E-state index in [0.29, 0.717) is 12.2 Å². The number of hydrogen-bond acceptors (Lipinski definition) is 5. The minimum Gasteiger partial charge on any atom is -0.361 e. The van der Waals surface area contributed by atoms with Gasteiger partial charge in [-0.3, -0.25) is 4.79 Å². The molecule has 0 saturated carbocycles. The van der Waals surface area contributed by atoms with Crippen LogP contribution in [-0.2, 0) is 6.42 Å². The number of amides is 1. The Morgan fingerprint density at radius 1 is 1.38 bits per heavy atom. The van der Waals surface area contributed by atoms with E-state index in [1.165, 1.54) is 0 Å². The summed E-state index contributed by atoms with van der Waals surface area (Å²) in [6, 6.07) is 3.58. The minimum absolute atomic E-state index is 0.0509. The van der Waals surface area contributed by atoms with E-state index in [1.54, 1.807) is 11.0 Å². The average molecular weight is 289 g/mol. The highest BCUT2D eigenvalue weighted by molar-refractivity contribution is 5.92. The third kappa shape index (κ3) is 2.70. The van der Waals surface area contributed by atoms with E-state index in [0.717, 1.165) is 42.9 Å². The molecule has 0 bridgehead atoms. The van der Waals surface area contributed by atoms with Crippen molar-refractivity contribution in [2.75, 3.05) is 6.54 Å². The van der Waals surface area contributed by atoms with Gasteiger partial charge in [-0.05, 0) is 26.2 Å². The molecule has 0 spiro atoms. The van der Waals surface area contributed by atoms with Crippen molar-refractivity contribution in [2.45, 2.75) is 45.6 Å². The first-order chi connectivity index (χ1) is 10.2. The van der Waals surface area contributed by atoms with Gasteiger partial charge in [0.2, 0.25) is 0 Å². The third-order valence-corrected chi connectivity index (χ3v) is 3.76. The van der Waals surface area contributed by atoms with Gasteiger partial charge < -0.3 is 13.9 Å². The van der Waals surface area contributed by atoms with E-state index >= 15 is 0 Å². The molecule has 112 valence electrons. The van der Waals surface area contributed by atoms with E-state index in [9.17, 15) is 4.79 Å². The summed E-state index contributed by atoms with van der Waals surface area (Å²) < 4.78 is 10.5. The Morgan fingerprint density at radius 2 is 2.24 bits per heavy atom. The summed E-state index contributed by atoms with van der Waals surface area (Å²) in [5, 5.41) is 7.81. The van der Waals surface area contributed by atoms with Gasteiger partial charge in [0, 0.05) is 25.1 Å². The average Bonchev–Trinajstić information content (AvgIpc) is 3.17. The molecule has 1 aliphatic rings. The van der Waals surface area contributed by atoms with Crippen molar-refractivity contribution in [2.24, 2.45) is 0 Å². The molecule has 2 aromatic heterocycles. The SMILES string of the molecule is CCCc1cc(C(=O)N2CCC[C@H]2c2cc(C)no2)no1. The normalized spacial score (nSPS) is 18.4. The first-order valence-corrected chi connectivity index (χ1v) is 7.39. The molecule has 0 aromatic carbocycles. The minimum atomic E-state index is -0.0994. The van der Waals surface area contributed by atoms with Crippen molar-refractivity contribution in [1.82, 2.24) is 15.2 Å². The number of aryl methyl sites for hydroxylation is 2. The van der Waals surface area contributed by atoms with Crippen molar-refractivity contribution < 1.29 is 13.8 Å². The summed E-state index contributed by atoms with van der Waals surface area (Å²) in [5.41, 5.74) is 1.21. The second-order valence-corrected chi connectivity index (χ2v) is 5.46. The molecule has 0 aliphatic carbocycles. The van der Waals surface area contributed by atoms with Crippen molar-refractivity contribution in [3.63, 3.8) is 0 Å². The summed E-state index contributed by atoms with van der Waals surface area (Å²) in [6.45, 7) is 4.65. The Kier molecular flexibility index (Phi) is 3.77. The predicted octanol–water partition coefficient (Wildman–Crippen LogP) is 2.90. The number of hydrogen-bond donors (Lipinski definition) is 0. The molecule has 1 amide bonds. The van der Waals surface area contributed by atoms with Crippen LogP contribution in [0.25, 0.3) is 0 Å². The molecular formula is C15H19N3O3. The zero-order valence-electron chi connectivity index (χ0n) is 12.3. The number of nitrogens with zero attached hydrogens (tertiary/aromatic N) is 3. The summed E-state index contributed by atoms with van der Waals surface area (Å²) in [5.74, 6) is 1.40. The van der Waals surface area contributed by atoms with E-state index in [4.69, 9.17) is 9.05 Å². The van der Waals surface area contributed by atoms with Crippen molar-refractivity contribution in [3.05, 3.63) is 35.0 Å². The van der Waals surface area contributed by atoms with Crippen LogP contribution < -0.4 is 0 Å². The van der Waals surface area contributed by atoms with Gasteiger partial charge in [0.1, 0.15) is 5.76 Å². The lowest BCUT2D eigenvalue weighted by Crippen LogP contribution is -2.30. The molecular weight excluding hydrogens is 270 g/mol. The van der Waals surface area contributed by atoms with Gasteiger partial charge in [-0.2, -0.15) is 0 Å². The van der Waals surface area contributed by atoms with E-state index < -0.39 is 0 Å². The summed E-state index contributed by atoms with van der Waals surface area (Å²) in [6.07, 6.45) is 3.60. The highest BCUT2D eigenvalue weighted by atomic mass is 16.5. The number of aromatic nitrogens is 2. The summed E-state index contributed by atoms with van der Waals surface area (Å²) >= 11 is 0. The van der Waals surface area contributed by atoms with Crippen LogP contribution in [-0.4, -0.2) is 27.7 Å². The highest BCUT2D eigenvalue weighted by Crippen LogP contribution is 2.33. The van der Waals surface area contributed by atoms with Crippen molar-refractivity contribution in [1.29, 1.82) is 0 Å². The largest absolute Gasteiger partial charge is 0.361 e. The predicted molar refractivity (Wildman–Crippen MR) is 74.7 cm³/mol. The number of carbonyl (C=O) groups excluding carboxylic acids is 1. The van der Waals surface area contributed by atoms with Crippen LogP contribution in [0.1, 0.15) is 59.9 Å². The fraction of sp³-hybridized carbons (Fsp3) is 0.533. The Balaban J connectivity index is 1.79. The van der Waals surface area contributed by atoms with Crippen LogP contribution in [0.5, 0.6) is 0 Å². The van der Waals surface area contributed by atoms with Gasteiger partial charge in [0.15, 0.2) is 11.5 Å². The maximum atomic E-state index is 12.6. The first-order valence-electron chi connectivity index (χ1n) is 7.39. The van der Waals surface area contributed by atoms with Crippen molar-refractivity contribution in [3.8, 4) is 0 Å². The van der Waals surface area contributed by atoms with Gasteiger partial charge in [-0.15, -0.1) is 0 Å². The Bertz CT molecular complexity index is 632. The fourth-order valence-electron chi connectivity index (χ4n) is 2.77. The molecule has 1 aliphatic heterocycles. The maximum Gasteiger partial charge on any atom is 0.276 e. The second kappa shape index (κ2) is 5.71. The van der Waals surface area contributed by atoms with Crippen molar-refractivity contribution >= 4 is 5.91 Å². The van der Waals surface area contributed by atoms with Gasteiger partial charge in [0.05, 0.1) is 11.7 Å². The van der Waals surface area contributed by atoms with Crippen LogP contribution >= 0.6 is 0 Å². The highest BCUT2D eigenvalue weighted by Gasteiger charge is 2.34. The van der Waals surface area contributed by atoms with E-state index in [1.807, 2.05) is 13.0 Å². The molecule has 1 saturated heterocycles. The van der Waals surface area contributed by atoms with Crippen LogP contribution in [0.3, 0.4) is 0 Å². The molecule has 1 fully saturated rings. The lowest BCUT2D eigenvalue weighted by atomic mass is 10.1. The summed E-state index contributed by atoms with van der Waals surface area (Å²) in [7, 11) is 0. The number of carbonyl (C=O) groups is 1. The zero-order chi connectivity index (χ0) is 14.8. The molecule has 2 aromatic rings. The number of likely N-dealkylation sites (tertiary alicyclic amines) is 1. The van der Waals surface area contributed by atoms with Gasteiger partial charge in [-0.1, -0.05) is 17.2 Å². The maximum absolute atomic E-state index is 12.6. The molecule has 3 heterocycles. The first kappa shape index (κ1) is 13.9. The topological polar surface area (TPSA) is 72.4 Å². The molecule has 1 atom stereocenters. The molecule has 3 rings (SSSR count). The molecule has 0 N–H and O–H groups in total. The van der Waals surface area contributed by atoms with Gasteiger partial charge >= 0.3 is 0 Å². The fourth-order valence-corrected chi connectivity index (χ4v) is 2.77. The van der Waals surface area contributed by atoms with Gasteiger partial charge in [-0.25, -0.2) is 0 Å². The zero-order valence-corrected chi connectivity index (χ0v) is 12.3. The van der Waals surface area contributed by atoms with E-state index in [-0.39, 0.29) is 11.9 Å². The van der Waals surface area contributed by atoms with Gasteiger partial charge in [0.25, 0.3) is 5.91 Å². The quantitative estimate of drug-likeness (QED) is 0.865. The Hall–Kier alpha value is -2.11. The van der Waals surface area contributed by atoms with Crippen LogP contribution in [0.2, 0.25) is 0 Å². The Morgan fingerprint density at radius 3 is 2.95 bits per heavy atom. The lowest BCUT2D eigenvalue weighted by molar-refractivity contribution is 0.0704. The van der Waals surface area contributed by atoms with Crippen LogP contribution in [0.15, 0.2) is 21.2 Å². The summed E-state index contributed by atoms with van der Waals surface area (Å²) in [4.78, 5) is 14.4. The third-order valence-electron chi connectivity index (χ3n) is 3.76.